The van der Waals surface area contributed by atoms with Gasteiger partial charge in [0.05, 0.1) is 12.2 Å². The van der Waals surface area contributed by atoms with Crippen LogP contribution in [0.3, 0.4) is 0 Å². The number of hydrogen-bond donors (Lipinski definition) is 3. The van der Waals surface area contributed by atoms with Crippen molar-refractivity contribution in [2.24, 2.45) is 7.05 Å². The summed E-state index contributed by atoms with van der Waals surface area (Å²) in [6, 6.07) is 7.46. The van der Waals surface area contributed by atoms with Crippen LogP contribution >= 0.6 is 0 Å². The van der Waals surface area contributed by atoms with E-state index in [1.807, 2.05) is 38.1 Å². The number of amides is 1. The summed E-state index contributed by atoms with van der Waals surface area (Å²) in [5.74, 6) is 0.363. The van der Waals surface area contributed by atoms with Crippen LogP contribution in [0.2, 0.25) is 0 Å². The van der Waals surface area contributed by atoms with E-state index in [4.69, 9.17) is 0 Å². The maximum atomic E-state index is 12.1. The van der Waals surface area contributed by atoms with Gasteiger partial charge in [0.25, 0.3) is 5.56 Å². The molecule has 3 N–H and O–H groups in total. The number of anilines is 2. The second-order valence-corrected chi connectivity index (χ2v) is 5.81. The van der Waals surface area contributed by atoms with Gasteiger partial charge in [-0.05, 0) is 24.6 Å². The molecular formula is C17H20N6O2. The van der Waals surface area contributed by atoms with E-state index in [0.717, 1.165) is 11.3 Å². The van der Waals surface area contributed by atoms with Gasteiger partial charge >= 0.3 is 0 Å². The first-order valence-corrected chi connectivity index (χ1v) is 8.06. The first-order chi connectivity index (χ1) is 12.0. The zero-order valence-corrected chi connectivity index (χ0v) is 14.3. The lowest BCUT2D eigenvalue weighted by Gasteiger charge is -2.15. The molecule has 0 aliphatic carbocycles. The molecule has 0 unspecified atom stereocenters. The lowest BCUT2D eigenvalue weighted by Crippen LogP contribution is -2.16. The van der Waals surface area contributed by atoms with E-state index < -0.39 is 0 Å². The number of fused-ring (bicyclic) bond motifs is 1. The van der Waals surface area contributed by atoms with Gasteiger partial charge in [-0.25, -0.2) is 0 Å². The number of carbonyl (C=O) groups excluding carboxylic acids is 1. The van der Waals surface area contributed by atoms with Crippen LogP contribution in [0.15, 0.2) is 35.3 Å². The van der Waals surface area contributed by atoms with E-state index in [9.17, 15) is 9.59 Å². The predicted octanol–water partition coefficient (Wildman–Crippen LogP) is 2.18. The molecule has 1 aromatic carbocycles. The predicted molar refractivity (Wildman–Crippen MR) is 96.5 cm³/mol. The third-order valence-corrected chi connectivity index (χ3v) is 3.97. The monoisotopic (exact) mass is 340 g/mol. The highest BCUT2D eigenvalue weighted by molar-refractivity contribution is 5.90. The Hall–Kier alpha value is -3.16. The Morgan fingerprint density at radius 3 is 2.72 bits per heavy atom. The first-order valence-electron chi connectivity index (χ1n) is 8.06. The number of nitrogens with zero attached hydrogens (tertiary/aromatic N) is 3. The highest BCUT2D eigenvalue weighted by Gasteiger charge is 2.11. The summed E-state index contributed by atoms with van der Waals surface area (Å²) in [6.45, 7) is 3.77. The molecule has 2 heterocycles. The first kappa shape index (κ1) is 16.7. The van der Waals surface area contributed by atoms with Crippen molar-refractivity contribution in [3.05, 3.63) is 46.4 Å². The molecule has 0 radical (unpaired) electrons. The molecule has 3 aromatic rings. The van der Waals surface area contributed by atoms with Crippen molar-refractivity contribution in [3.8, 4) is 0 Å². The van der Waals surface area contributed by atoms with Crippen LogP contribution in [0, 0.1) is 0 Å². The Kier molecular flexibility index (Phi) is 4.51. The summed E-state index contributed by atoms with van der Waals surface area (Å²) >= 11 is 0. The maximum absolute atomic E-state index is 12.1. The van der Waals surface area contributed by atoms with E-state index in [1.54, 1.807) is 11.7 Å². The fourth-order valence-corrected chi connectivity index (χ4v) is 2.49. The van der Waals surface area contributed by atoms with Gasteiger partial charge < -0.3 is 10.6 Å². The fraction of sp³-hybridized carbons (Fsp3) is 0.294. The number of benzene rings is 1. The third-order valence-electron chi connectivity index (χ3n) is 3.97. The number of carbonyl (C=O) groups is 1. The molecule has 130 valence electrons. The van der Waals surface area contributed by atoms with E-state index in [-0.39, 0.29) is 17.5 Å². The third kappa shape index (κ3) is 3.52. The van der Waals surface area contributed by atoms with Gasteiger partial charge in [0, 0.05) is 19.2 Å². The highest BCUT2D eigenvalue weighted by atomic mass is 16.1. The van der Waals surface area contributed by atoms with Crippen LogP contribution in [-0.4, -0.2) is 25.7 Å². The Morgan fingerprint density at radius 1 is 1.32 bits per heavy atom. The average Bonchev–Trinajstić information content (AvgIpc) is 2.97. The average molecular weight is 340 g/mol. The summed E-state index contributed by atoms with van der Waals surface area (Å²) in [6.07, 6.45) is 1.94. The Bertz CT molecular complexity index is 957. The molecule has 25 heavy (non-hydrogen) atoms. The molecule has 0 spiro atoms. The standard InChI is InChI=1S/C17H20N6O2/c1-4-14(24)20-12-7-5-11(6-8-12)10(2)19-17-21-15-13(16(25)22-17)9-18-23(15)3/h5-10H,4H2,1-3H3,(H,20,24)(H2,19,21,22,25)/t10-/m1/s1. The number of H-pyrrole nitrogens is 1. The fourth-order valence-electron chi connectivity index (χ4n) is 2.49. The molecule has 0 bridgehead atoms. The van der Waals surface area contributed by atoms with Crippen molar-refractivity contribution in [2.45, 2.75) is 26.3 Å². The van der Waals surface area contributed by atoms with E-state index >= 15 is 0 Å². The summed E-state index contributed by atoms with van der Waals surface area (Å²) in [5.41, 5.74) is 2.05. The number of aryl methyl sites for hydroxylation is 1. The number of hydrogen-bond acceptors (Lipinski definition) is 5. The Balaban J connectivity index is 1.78. The molecule has 2 aromatic heterocycles. The van der Waals surface area contributed by atoms with Crippen molar-refractivity contribution in [3.63, 3.8) is 0 Å². The second kappa shape index (κ2) is 6.76. The van der Waals surface area contributed by atoms with Gasteiger partial charge in [-0.1, -0.05) is 19.1 Å². The zero-order valence-electron chi connectivity index (χ0n) is 14.3. The molecule has 1 atom stereocenters. The van der Waals surface area contributed by atoms with Crippen molar-refractivity contribution < 1.29 is 4.79 Å². The lowest BCUT2D eigenvalue weighted by molar-refractivity contribution is -0.115. The van der Waals surface area contributed by atoms with Gasteiger partial charge in [0.1, 0.15) is 5.39 Å². The zero-order chi connectivity index (χ0) is 18.0. The summed E-state index contributed by atoms with van der Waals surface area (Å²) < 4.78 is 1.56. The van der Waals surface area contributed by atoms with Crippen LogP contribution < -0.4 is 16.2 Å². The Labute approximate surface area is 144 Å². The normalized spacial score (nSPS) is 12.1. The smallest absolute Gasteiger partial charge is 0.263 e. The second-order valence-electron chi connectivity index (χ2n) is 5.81. The number of aromatic amines is 1. The molecule has 0 aliphatic heterocycles. The van der Waals surface area contributed by atoms with Crippen LogP contribution in [0.1, 0.15) is 31.9 Å². The van der Waals surface area contributed by atoms with Crippen molar-refractivity contribution >= 4 is 28.6 Å². The van der Waals surface area contributed by atoms with Crippen molar-refractivity contribution in [2.75, 3.05) is 10.6 Å². The SMILES string of the molecule is CCC(=O)Nc1ccc([C@@H](C)Nc2nc3c(cnn3C)c(=O)[nH]2)cc1. The summed E-state index contributed by atoms with van der Waals surface area (Å²) in [7, 11) is 1.74. The molecule has 8 nitrogen and oxygen atoms in total. The molecule has 1 amide bonds. The van der Waals surface area contributed by atoms with Gasteiger partial charge in [-0.3, -0.25) is 19.3 Å². The number of nitrogens with one attached hydrogen (secondary N) is 3. The van der Waals surface area contributed by atoms with E-state index in [1.165, 1.54) is 6.20 Å². The molecule has 0 aliphatic rings. The van der Waals surface area contributed by atoms with E-state index in [2.05, 4.69) is 25.7 Å². The maximum Gasteiger partial charge on any atom is 0.263 e. The molecule has 8 heteroatoms. The molecular weight excluding hydrogens is 320 g/mol. The Morgan fingerprint density at radius 2 is 2.04 bits per heavy atom. The molecule has 3 rings (SSSR count). The van der Waals surface area contributed by atoms with Crippen LogP contribution in [0.25, 0.3) is 11.0 Å². The minimum Gasteiger partial charge on any atom is -0.349 e. The van der Waals surface area contributed by atoms with Gasteiger partial charge in [0.2, 0.25) is 11.9 Å². The molecule has 0 fully saturated rings. The number of rotatable bonds is 5. The summed E-state index contributed by atoms with van der Waals surface area (Å²) in [4.78, 5) is 30.6. The van der Waals surface area contributed by atoms with Gasteiger partial charge in [0.15, 0.2) is 5.65 Å². The van der Waals surface area contributed by atoms with Gasteiger partial charge in [-0.2, -0.15) is 10.1 Å². The molecule has 0 saturated carbocycles. The highest BCUT2D eigenvalue weighted by Crippen LogP contribution is 2.19. The largest absolute Gasteiger partial charge is 0.349 e. The quantitative estimate of drug-likeness (QED) is 0.660. The van der Waals surface area contributed by atoms with Crippen molar-refractivity contribution in [1.29, 1.82) is 0 Å². The van der Waals surface area contributed by atoms with E-state index in [0.29, 0.717) is 23.4 Å². The molecule has 0 saturated heterocycles. The topological polar surface area (TPSA) is 105 Å². The van der Waals surface area contributed by atoms with Crippen molar-refractivity contribution in [1.82, 2.24) is 19.7 Å². The summed E-state index contributed by atoms with van der Waals surface area (Å²) in [5, 5.41) is 10.5. The lowest BCUT2D eigenvalue weighted by atomic mass is 10.1. The minimum atomic E-state index is -0.231. The van der Waals surface area contributed by atoms with Crippen LogP contribution in [0.4, 0.5) is 11.6 Å². The number of aromatic nitrogens is 4. The van der Waals surface area contributed by atoms with Gasteiger partial charge in [-0.15, -0.1) is 0 Å². The minimum absolute atomic E-state index is 0.0230. The van der Waals surface area contributed by atoms with Crippen LogP contribution in [-0.2, 0) is 11.8 Å². The van der Waals surface area contributed by atoms with Crippen LogP contribution in [0.5, 0.6) is 0 Å².